The lowest BCUT2D eigenvalue weighted by molar-refractivity contribution is -0.151. The molecule has 18 heavy (non-hydrogen) atoms. The number of hydrogen-bond acceptors (Lipinski definition) is 4. The molecule has 3 N–H and O–H groups in total. The van der Waals surface area contributed by atoms with Crippen molar-refractivity contribution in [3.05, 3.63) is 0 Å². The van der Waals surface area contributed by atoms with Gasteiger partial charge in [-0.05, 0) is 12.3 Å². The molecule has 6 nitrogen and oxygen atoms in total. The fourth-order valence-electron chi connectivity index (χ4n) is 1.99. The summed E-state index contributed by atoms with van der Waals surface area (Å²) >= 11 is 0. The lowest BCUT2D eigenvalue weighted by atomic mass is 9.97. The summed E-state index contributed by atoms with van der Waals surface area (Å²) in [6, 6.07) is -1.26. The van der Waals surface area contributed by atoms with E-state index < -0.39 is 23.9 Å². The van der Waals surface area contributed by atoms with Crippen LogP contribution in [0.15, 0.2) is 0 Å². The van der Waals surface area contributed by atoms with Crippen molar-refractivity contribution in [2.75, 3.05) is 6.54 Å². The second kappa shape index (κ2) is 5.95. The van der Waals surface area contributed by atoms with Crippen molar-refractivity contribution in [1.82, 2.24) is 10.2 Å². The Hall–Kier alpha value is -1.43. The number of carbonyl (C=O) groups excluding carboxylic acids is 3. The van der Waals surface area contributed by atoms with Gasteiger partial charge in [0.1, 0.15) is 12.6 Å². The van der Waals surface area contributed by atoms with Crippen molar-refractivity contribution in [2.24, 2.45) is 11.7 Å². The SMILES string of the molecule is CCC(C)[C@H](N)C(=O)N1CC(=O)NC(=O)C1CC. The van der Waals surface area contributed by atoms with Gasteiger partial charge >= 0.3 is 0 Å². The summed E-state index contributed by atoms with van der Waals surface area (Å²) in [6.45, 7) is 5.54. The first-order valence-corrected chi connectivity index (χ1v) is 6.32. The monoisotopic (exact) mass is 255 g/mol. The average molecular weight is 255 g/mol. The number of nitrogens with two attached hydrogens (primary N) is 1. The van der Waals surface area contributed by atoms with Crippen molar-refractivity contribution in [3.8, 4) is 0 Å². The van der Waals surface area contributed by atoms with E-state index >= 15 is 0 Å². The van der Waals surface area contributed by atoms with Crippen LogP contribution in [0.2, 0.25) is 0 Å². The molecule has 0 aromatic carbocycles. The molecule has 3 amide bonds. The highest BCUT2D eigenvalue weighted by Crippen LogP contribution is 2.14. The molecule has 0 saturated carbocycles. The van der Waals surface area contributed by atoms with Crippen LogP contribution in [0.3, 0.4) is 0 Å². The molecule has 0 aromatic rings. The van der Waals surface area contributed by atoms with Gasteiger partial charge in [-0.3, -0.25) is 19.7 Å². The molecular weight excluding hydrogens is 234 g/mol. The fourth-order valence-corrected chi connectivity index (χ4v) is 1.99. The summed E-state index contributed by atoms with van der Waals surface area (Å²) < 4.78 is 0. The number of carbonyl (C=O) groups is 3. The summed E-state index contributed by atoms with van der Waals surface area (Å²) in [5.41, 5.74) is 5.88. The first kappa shape index (κ1) is 14.6. The third kappa shape index (κ3) is 2.87. The fraction of sp³-hybridized carbons (Fsp3) is 0.750. The highest BCUT2D eigenvalue weighted by Gasteiger charge is 2.38. The standard InChI is InChI=1S/C12H21N3O3/c1-4-7(3)10(13)12(18)15-6-9(16)14-11(17)8(15)5-2/h7-8,10H,4-6,13H2,1-3H3,(H,14,16,17)/t7?,8?,10-/m0/s1. The Bertz CT molecular complexity index is 356. The number of piperazine rings is 1. The van der Waals surface area contributed by atoms with Gasteiger partial charge < -0.3 is 10.6 Å². The Morgan fingerprint density at radius 3 is 2.61 bits per heavy atom. The Morgan fingerprint density at radius 2 is 2.11 bits per heavy atom. The molecule has 6 heteroatoms. The maximum absolute atomic E-state index is 12.2. The van der Waals surface area contributed by atoms with E-state index in [4.69, 9.17) is 5.73 Å². The number of hydrogen-bond donors (Lipinski definition) is 2. The Balaban J connectivity index is 2.87. The summed E-state index contributed by atoms with van der Waals surface area (Å²) in [5.74, 6) is -1.16. The number of amides is 3. The van der Waals surface area contributed by atoms with Crippen LogP contribution >= 0.6 is 0 Å². The molecule has 1 heterocycles. The number of nitrogens with one attached hydrogen (secondary N) is 1. The Kier molecular flexibility index (Phi) is 4.84. The number of rotatable bonds is 4. The molecule has 2 unspecified atom stereocenters. The molecule has 1 rings (SSSR count). The normalized spacial score (nSPS) is 23.6. The van der Waals surface area contributed by atoms with E-state index in [1.165, 1.54) is 4.90 Å². The third-order valence-electron chi connectivity index (χ3n) is 3.47. The molecule has 0 spiro atoms. The highest BCUT2D eigenvalue weighted by atomic mass is 16.2. The van der Waals surface area contributed by atoms with Gasteiger partial charge in [0, 0.05) is 0 Å². The van der Waals surface area contributed by atoms with Crippen LogP contribution < -0.4 is 11.1 Å². The van der Waals surface area contributed by atoms with E-state index in [0.717, 1.165) is 6.42 Å². The minimum atomic E-state index is -0.664. The lowest BCUT2D eigenvalue weighted by Gasteiger charge is -2.35. The average Bonchev–Trinajstić information content (AvgIpc) is 2.35. The van der Waals surface area contributed by atoms with E-state index in [0.29, 0.717) is 6.42 Å². The van der Waals surface area contributed by atoms with Gasteiger partial charge in [-0.1, -0.05) is 27.2 Å². The van der Waals surface area contributed by atoms with Crippen LogP contribution in [-0.2, 0) is 14.4 Å². The predicted molar refractivity (Wildman–Crippen MR) is 66.4 cm³/mol. The minimum Gasteiger partial charge on any atom is -0.320 e. The second-order valence-electron chi connectivity index (χ2n) is 4.71. The summed E-state index contributed by atoms with van der Waals surface area (Å²) in [4.78, 5) is 36.5. The molecule has 102 valence electrons. The third-order valence-corrected chi connectivity index (χ3v) is 3.47. The molecular formula is C12H21N3O3. The second-order valence-corrected chi connectivity index (χ2v) is 4.71. The number of nitrogens with zero attached hydrogens (tertiary/aromatic N) is 1. The highest BCUT2D eigenvalue weighted by molar-refractivity contribution is 6.04. The first-order chi connectivity index (χ1) is 8.42. The molecule has 3 atom stereocenters. The van der Waals surface area contributed by atoms with Gasteiger partial charge in [0.2, 0.25) is 17.7 Å². The van der Waals surface area contributed by atoms with E-state index in [-0.39, 0.29) is 18.4 Å². The van der Waals surface area contributed by atoms with Crippen molar-refractivity contribution in [2.45, 2.75) is 45.7 Å². The maximum atomic E-state index is 12.2. The summed E-state index contributed by atoms with van der Waals surface area (Å²) in [7, 11) is 0. The van der Waals surface area contributed by atoms with Gasteiger partial charge in [-0.15, -0.1) is 0 Å². The molecule has 1 aliphatic heterocycles. The number of imide groups is 1. The smallest absolute Gasteiger partial charge is 0.249 e. The van der Waals surface area contributed by atoms with E-state index in [1.54, 1.807) is 6.92 Å². The Labute approximate surface area is 107 Å². The van der Waals surface area contributed by atoms with Gasteiger partial charge in [0.05, 0.1) is 6.04 Å². The van der Waals surface area contributed by atoms with E-state index in [1.807, 2.05) is 13.8 Å². The molecule has 1 fully saturated rings. The molecule has 1 aliphatic rings. The summed E-state index contributed by atoms with van der Waals surface area (Å²) in [5, 5.41) is 2.23. The summed E-state index contributed by atoms with van der Waals surface area (Å²) in [6.07, 6.45) is 1.25. The van der Waals surface area contributed by atoms with Crippen molar-refractivity contribution in [1.29, 1.82) is 0 Å². The van der Waals surface area contributed by atoms with Gasteiger partial charge in [-0.25, -0.2) is 0 Å². The zero-order valence-electron chi connectivity index (χ0n) is 11.1. The van der Waals surface area contributed by atoms with Crippen molar-refractivity contribution < 1.29 is 14.4 Å². The van der Waals surface area contributed by atoms with Crippen LogP contribution in [0.4, 0.5) is 0 Å². The van der Waals surface area contributed by atoms with Gasteiger partial charge in [-0.2, -0.15) is 0 Å². The lowest BCUT2D eigenvalue weighted by Crippen LogP contribution is -2.62. The Morgan fingerprint density at radius 1 is 1.50 bits per heavy atom. The van der Waals surface area contributed by atoms with Crippen molar-refractivity contribution >= 4 is 17.7 Å². The minimum absolute atomic E-state index is 0.0232. The van der Waals surface area contributed by atoms with Crippen LogP contribution in [0.1, 0.15) is 33.6 Å². The molecule has 0 bridgehead atoms. The van der Waals surface area contributed by atoms with Crippen molar-refractivity contribution in [3.63, 3.8) is 0 Å². The van der Waals surface area contributed by atoms with Crippen LogP contribution in [0.25, 0.3) is 0 Å². The molecule has 0 aromatic heterocycles. The largest absolute Gasteiger partial charge is 0.320 e. The van der Waals surface area contributed by atoms with E-state index in [2.05, 4.69) is 5.32 Å². The van der Waals surface area contributed by atoms with Crippen LogP contribution in [0.5, 0.6) is 0 Å². The van der Waals surface area contributed by atoms with E-state index in [9.17, 15) is 14.4 Å². The quantitative estimate of drug-likeness (QED) is 0.670. The van der Waals surface area contributed by atoms with Gasteiger partial charge in [0.25, 0.3) is 0 Å². The molecule has 0 aliphatic carbocycles. The molecule has 1 saturated heterocycles. The predicted octanol–water partition coefficient (Wildman–Crippen LogP) is -0.377. The topological polar surface area (TPSA) is 92.5 Å². The van der Waals surface area contributed by atoms with Crippen LogP contribution in [0, 0.1) is 5.92 Å². The van der Waals surface area contributed by atoms with Gasteiger partial charge in [0.15, 0.2) is 0 Å². The molecule has 0 radical (unpaired) electrons. The first-order valence-electron chi connectivity index (χ1n) is 6.32. The zero-order chi connectivity index (χ0) is 13.9. The zero-order valence-corrected chi connectivity index (χ0v) is 11.1. The maximum Gasteiger partial charge on any atom is 0.249 e. The van der Waals surface area contributed by atoms with Crippen LogP contribution in [-0.4, -0.2) is 41.2 Å².